The molecule has 39 heavy (non-hydrogen) atoms. The molecule has 1 aromatic heterocycles. The van der Waals surface area contributed by atoms with Crippen molar-refractivity contribution in [1.82, 2.24) is 15.3 Å². The molecule has 0 aliphatic heterocycles. The highest BCUT2D eigenvalue weighted by Gasteiger charge is 2.41. The number of halogens is 8. The quantitative estimate of drug-likeness (QED) is 0.230. The topological polar surface area (TPSA) is 79.0 Å². The smallest absolute Gasteiger partial charge is 0.422 e. The molecule has 212 valence electrons. The Labute approximate surface area is 229 Å². The van der Waals surface area contributed by atoms with Crippen molar-refractivity contribution < 1.29 is 35.9 Å². The normalized spacial score (nSPS) is 18.3. The van der Waals surface area contributed by atoms with E-state index in [0.29, 0.717) is 40.5 Å². The number of rotatable bonds is 8. The average Bonchev–Trinajstić information content (AvgIpc) is 3.25. The van der Waals surface area contributed by atoms with Crippen LogP contribution in [0.15, 0.2) is 30.3 Å². The lowest BCUT2D eigenvalue weighted by molar-refractivity contribution is -0.184. The number of alkyl halides is 6. The Balaban J connectivity index is 1.48. The number of carbonyl (C=O) groups excluding carboxylic acids is 1. The highest BCUT2D eigenvalue weighted by molar-refractivity contribution is 6.39. The first-order valence-electron chi connectivity index (χ1n) is 12.1. The summed E-state index contributed by atoms with van der Waals surface area (Å²) in [5.41, 5.74) is 0.751. The molecule has 0 spiro atoms. The Morgan fingerprint density at radius 3 is 2.33 bits per heavy atom. The average molecular weight is 597 g/mol. The molecule has 1 saturated carbocycles. The van der Waals surface area contributed by atoms with Crippen LogP contribution < -0.4 is 15.4 Å². The standard InChI is InChI=1S/C25H24Cl2F6N4O2/c26-16-2-1-3-17(27)21(16)37-23-35-18-10-15(20(11-19(18)36-23)39-12-24(28,29)30)22(38)34-9-8-13-4-6-14(7-5-13)25(31,32)33/h1-3,10-11,13-14H,4-9,12H2,(H,34,38)(H2,35,36,37). The number of benzene rings is 2. The van der Waals surface area contributed by atoms with Crippen LogP contribution in [-0.4, -0.2) is 41.4 Å². The van der Waals surface area contributed by atoms with Gasteiger partial charge in [0.1, 0.15) is 5.75 Å². The van der Waals surface area contributed by atoms with Crippen molar-refractivity contribution in [2.75, 3.05) is 18.5 Å². The summed E-state index contributed by atoms with van der Waals surface area (Å²) >= 11 is 12.3. The zero-order chi connectivity index (χ0) is 28.4. The first-order chi connectivity index (χ1) is 18.3. The van der Waals surface area contributed by atoms with Crippen LogP contribution in [0, 0.1) is 11.8 Å². The van der Waals surface area contributed by atoms with E-state index in [9.17, 15) is 31.1 Å². The first-order valence-corrected chi connectivity index (χ1v) is 12.8. The number of ether oxygens (including phenoxy) is 1. The second kappa shape index (κ2) is 11.7. The maximum atomic E-state index is 12.9. The van der Waals surface area contributed by atoms with Crippen LogP contribution in [0.25, 0.3) is 11.0 Å². The molecule has 2 aromatic carbocycles. The van der Waals surface area contributed by atoms with Gasteiger partial charge >= 0.3 is 12.4 Å². The Hall–Kier alpha value is -2.86. The van der Waals surface area contributed by atoms with Gasteiger partial charge in [-0.05, 0) is 56.2 Å². The Morgan fingerprint density at radius 2 is 1.72 bits per heavy atom. The Bertz CT molecular complexity index is 1300. The van der Waals surface area contributed by atoms with Crippen molar-refractivity contribution in [1.29, 1.82) is 0 Å². The third-order valence-electron chi connectivity index (χ3n) is 6.57. The summed E-state index contributed by atoms with van der Waals surface area (Å²) in [6, 6.07) is 7.39. The van der Waals surface area contributed by atoms with Crippen LogP contribution in [0.1, 0.15) is 42.5 Å². The molecule has 1 amide bonds. The molecule has 1 aliphatic carbocycles. The zero-order valence-electron chi connectivity index (χ0n) is 20.3. The number of para-hydroxylation sites is 1. The van der Waals surface area contributed by atoms with Crippen molar-refractivity contribution in [3.63, 3.8) is 0 Å². The number of fused-ring (bicyclic) bond motifs is 1. The molecular weight excluding hydrogens is 573 g/mol. The highest BCUT2D eigenvalue weighted by atomic mass is 35.5. The molecule has 14 heteroatoms. The van der Waals surface area contributed by atoms with Gasteiger partial charge in [0.2, 0.25) is 5.95 Å². The number of carbonyl (C=O) groups is 1. The van der Waals surface area contributed by atoms with Crippen LogP contribution in [-0.2, 0) is 0 Å². The first kappa shape index (κ1) is 29.1. The summed E-state index contributed by atoms with van der Waals surface area (Å²) in [6.07, 6.45) is -7.51. The van der Waals surface area contributed by atoms with Crippen LogP contribution in [0.4, 0.5) is 38.0 Å². The lowest BCUT2D eigenvalue weighted by Gasteiger charge is -2.29. The summed E-state index contributed by atoms with van der Waals surface area (Å²) in [5.74, 6) is -2.11. The van der Waals surface area contributed by atoms with Gasteiger partial charge in [-0.2, -0.15) is 26.3 Å². The molecular formula is C25H24Cl2F6N4O2. The van der Waals surface area contributed by atoms with E-state index in [1.807, 2.05) is 0 Å². The minimum atomic E-state index is -4.64. The van der Waals surface area contributed by atoms with Gasteiger partial charge in [0.15, 0.2) is 6.61 Å². The fourth-order valence-corrected chi connectivity index (χ4v) is 5.04. The third kappa shape index (κ3) is 7.63. The predicted molar refractivity (Wildman–Crippen MR) is 136 cm³/mol. The molecule has 0 unspecified atom stereocenters. The SMILES string of the molecule is O=C(NCCC1CCC(C(F)(F)F)CC1)c1cc2[nH]c(Nc3c(Cl)cccc3Cl)nc2cc1OCC(F)(F)F. The maximum Gasteiger partial charge on any atom is 0.422 e. The number of aromatic amines is 1. The van der Waals surface area contributed by atoms with Gasteiger partial charge in [0.25, 0.3) is 5.91 Å². The van der Waals surface area contributed by atoms with Gasteiger partial charge in [0, 0.05) is 12.6 Å². The monoisotopic (exact) mass is 596 g/mol. The van der Waals surface area contributed by atoms with Crippen molar-refractivity contribution in [3.8, 4) is 5.75 Å². The van der Waals surface area contributed by atoms with Gasteiger partial charge in [-0.3, -0.25) is 4.79 Å². The molecule has 0 saturated heterocycles. The second-order valence-corrected chi connectivity index (χ2v) is 10.2. The van der Waals surface area contributed by atoms with E-state index < -0.39 is 30.8 Å². The predicted octanol–water partition coefficient (Wildman–Crippen LogP) is 8.04. The van der Waals surface area contributed by atoms with E-state index in [-0.39, 0.29) is 48.1 Å². The van der Waals surface area contributed by atoms with E-state index in [0.717, 1.165) is 0 Å². The Morgan fingerprint density at radius 1 is 1.05 bits per heavy atom. The van der Waals surface area contributed by atoms with Crippen LogP contribution >= 0.6 is 23.2 Å². The van der Waals surface area contributed by atoms with Crippen LogP contribution in [0.2, 0.25) is 10.0 Å². The Kier molecular flexibility index (Phi) is 8.75. The van der Waals surface area contributed by atoms with E-state index in [1.54, 1.807) is 18.2 Å². The number of anilines is 2. The van der Waals surface area contributed by atoms with Gasteiger partial charge in [-0.15, -0.1) is 0 Å². The number of imidazole rings is 1. The van der Waals surface area contributed by atoms with E-state index in [4.69, 9.17) is 27.9 Å². The van der Waals surface area contributed by atoms with Crippen LogP contribution in [0.5, 0.6) is 5.75 Å². The molecule has 1 heterocycles. The molecule has 6 nitrogen and oxygen atoms in total. The van der Waals surface area contributed by atoms with Crippen molar-refractivity contribution in [2.24, 2.45) is 11.8 Å². The lowest BCUT2D eigenvalue weighted by atomic mass is 9.80. The summed E-state index contributed by atoms with van der Waals surface area (Å²) in [6.45, 7) is -1.47. The van der Waals surface area contributed by atoms with Crippen molar-refractivity contribution in [3.05, 3.63) is 45.9 Å². The number of H-pyrrole nitrogens is 1. The molecule has 0 bridgehead atoms. The second-order valence-electron chi connectivity index (χ2n) is 9.38. The van der Waals surface area contributed by atoms with E-state index >= 15 is 0 Å². The maximum absolute atomic E-state index is 12.9. The number of aromatic nitrogens is 2. The number of amides is 1. The minimum Gasteiger partial charge on any atom is -0.483 e. The molecule has 1 fully saturated rings. The van der Waals surface area contributed by atoms with Crippen LogP contribution in [0.3, 0.4) is 0 Å². The highest BCUT2D eigenvalue weighted by Crippen LogP contribution is 2.40. The molecule has 4 rings (SSSR count). The largest absolute Gasteiger partial charge is 0.483 e. The lowest BCUT2D eigenvalue weighted by Crippen LogP contribution is -2.30. The molecule has 3 N–H and O–H groups in total. The number of hydrogen-bond acceptors (Lipinski definition) is 4. The molecule has 3 aromatic rings. The van der Waals surface area contributed by atoms with E-state index in [1.165, 1.54) is 12.1 Å². The molecule has 0 radical (unpaired) electrons. The fraction of sp³-hybridized carbons (Fsp3) is 0.440. The molecule has 1 aliphatic rings. The third-order valence-corrected chi connectivity index (χ3v) is 7.20. The van der Waals surface area contributed by atoms with E-state index in [2.05, 4.69) is 20.6 Å². The summed E-state index contributed by atoms with van der Waals surface area (Å²) in [7, 11) is 0. The summed E-state index contributed by atoms with van der Waals surface area (Å²) in [4.78, 5) is 20.2. The van der Waals surface area contributed by atoms with Gasteiger partial charge in [0.05, 0.1) is 38.2 Å². The fourth-order valence-electron chi connectivity index (χ4n) is 4.55. The van der Waals surface area contributed by atoms with Gasteiger partial charge in [-0.25, -0.2) is 4.98 Å². The number of nitrogens with one attached hydrogen (secondary N) is 3. The van der Waals surface area contributed by atoms with Gasteiger partial charge in [-0.1, -0.05) is 29.3 Å². The molecule has 0 atom stereocenters. The summed E-state index contributed by atoms with van der Waals surface area (Å²) < 4.78 is 82.2. The minimum absolute atomic E-state index is 0.0187. The van der Waals surface area contributed by atoms with Crippen molar-refractivity contribution >= 4 is 51.8 Å². The zero-order valence-corrected chi connectivity index (χ0v) is 21.8. The number of nitrogens with zero attached hydrogens (tertiary/aromatic N) is 1. The van der Waals surface area contributed by atoms with Crippen molar-refractivity contribution in [2.45, 2.75) is 44.5 Å². The summed E-state index contributed by atoms with van der Waals surface area (Å²) in [5, 5.41) is 6.18. The van der Waals surface area contributed by atoms with Gasteiger partial charge < -0.3 is 20.4 Å². The number of hydrogen-bond donors (Lipinski definition) is 3.